The number of rotatable bonds is 0. The first-order valence-corrected chi connectivity index (χ1v) is 2.15. The summed E-state index contributed by atoms with van der Waals surface area (Å²) >= 11 is 0. The van der Waals surface area contributed by atoms with Crippen LogP contribution in [0, 0.1) is 28.1 Å². The third-order valence-corrected chi connectivity index (χ3v) is 1.18. The number of nitriles is 2. The van der Waals surface area contributed by atoms with E-state index in [4.69, 9.17) is 10.5 Å². The zero-order valence-electron chi connectivity index (χ0n) is 3.81. The predicted molar refractivity (Wildman–Crippen MR) is 22.9 cm³/mol. The fourth-order valence-electron chi connectivity index (χ4n) is 0.374. The molecule has 1 rings (SSSR count). The van der Waals surface area contributed by atoms with E-state index in [1.165, 1.54) is 0 Å². The van der Waals surface area contributed by atoms with Gasteiger partial charge in [0, 0.05) is 0 Å². The van der Waals surface area contributed by atoms with Crippen LogP contribution >= 0.6 is 0 Å². The monoisotopic (exact) mass is 92.0 g/mol. The molecule has 0 heterocycles. The lowest BCUT2D eigenvalue weighted by Gasteiger charge is -1.78. The lowest BCUT2D eigenvalue weighted by Crippen LogP contribution is -1.86. The van der Waals surface area contributed by atoms with E-state index >= 15 is 0 Å². The molecule has 7 heavy (non-hydrogen) atoms. The molecule has 1 saturated carbocycles. The average molecular weight is 92.1 g/mol. The predicted octanol–water partition coefficient (Wildman–Crippen LogP) is 0.814. The number of hydrogen-bond donors (Lipinski definition) is 0. The molecular formula is C5H4N2. The Hall–Kier alpha value is -1.02. The molecular weight excluding hydrogens is 88.1 g/mol. The summed E-state index contributed by atoms with van der Waals surface area (Å²) in [5.41, 5.74) is -0.556. The van der Waals surface area contributed by atoms with Crippen molar-refractivity contribution in [2.24, 2.45) is 5.41 Å². The largest absolute Gasteiger partial charge is 0.197 e. The van der Waals surface area contributed by atoms with Crippen molar-refractivity contribution < 1.29 is 0 Å². The van der Waals surface area contributed by atoms with E-state index in [9.17, 15) is 0 Å². The van der Waals surface area contributed by atoms with Crippen molar-refractivity contribution in [1.29, 1.82) is 10.5 Å². The molecule has 1 aliphatic rings. The van der Waals surface area contributed by atoms with Crippen LogP contribution in [0.25, 0.3) is 0 Å². The molecule has 2 nitrogen and oxygen atoms in total. The molecule has 0 N–H and O–H groups in total. The molecule has 2 heteroatoms. The van der Waals surface area contributed by atoms with Crippen LogP contribution in [0.1, 0.15) is 12.8 Å². The van der Waals surface area contributed by atoms with Gasteiger partial charge in [-0.05, 0) is 12.8 Å². The third-order valence-electron chi connectivity index (χ3n) is 1.18. The second kappa shape index (κ2) is 0.978. The van der Waals surface area contributed by atoms with Crippen LogP contribution in [0.3, 0.4) is 0 Å². The Morgan fingerprint density at radius 3 is 1.57 bits per heavy atom. The smallest absolute Gasteiger partial charge is 0.144 e. The molecule has 1 aliphatic carbocycles. The summed E-state index contributed by atoms with van der Waals surface area (Å²) in [7, 11) is 0. The lowest BCUT2D eigenvalue weighted by atomic mass is 10.2. The average Bonchev–Trinajstić information content (AvgIpc) is 2.46. The fourth-order valence-corrected chi connectivity index (χ4v) is 0.374. The van der Waals surface area contributed by atoms with Crippen molar-refractivity contribution in [3.8, 4) is 12.1 Å². The van der Waals surface area contributed by atoms with Crippen molar-refractivity contribution >= 4 is 0 Å². The van der Waals surface area contributed by atoms with E-state index in [0.717, 1.165) is 12.8 Å². The van der Waals surface area contributed by atoms with E-state index in [1.807, 2.05) is 12.1 Å². The molecule has 34 valence electrons. The minimum absolute atomic E-state index is 0.556. The maximum Gasteiger partial charge on any atom is 0.144 e. The van der Waals surface area contributed by atoms with E-state index in [2.05, 4.69) is 0 Å². The van der Waals surface area contributed by atoms with Gasteiger partial charge in [0.15, 0.2) is 0 Å². The van der Waals surface area contributed by atoms with Gasteiger partial charge < -0.3 is 0 Å². The molecule has 0 aromatic rings. The Bertz CT molecular complexity index is 138. The minimum Gasteiger partial charge on any atom is -0.197 e. The van der Waals surface area contributed by atoms with E-state index < -0.39 is 5.41 Å². The summed E-state index contributed by atoms with van der Waals surface area (Å²) < 4.78 is 0. The molecule has 0 spiro atoms. The minimum atomic E-state index is -0.556. The first-order valence-electron chi connectivity index (χ1n) is 2.15. The SMILES string of the molecule is N#CC1(C#N)CC1. The highest BCUT2D eigenvalue weighted by atomic mass is 14.5. The molecule has 0 bridgehead atoms. The lowest BCUT2D eigenvalue weighted by molar-refractivity contribution is 0.895. The quantitative estimate of drug-likeness (QED) is 0.444. The van der Waals surface area contributed by atoms with Gasteiger partial charge in [-0.3, -0.25) is 0 Å². The van der Waals surface area contributed by atoms with Crippen molar-refractivity contribution in [1.82, 2.24) is 0 Å². The van der Waals surface area contributed by atoms with E-state index in [0.29, 0.717) is 0 Å². The van der Waals surface area contributed by atoms with Crippen LogP contribution in [0.15, 0.2) is 0 Å². The number of hydrogen-bond acceptors (Lipinski definition) is 2. The van der Waals surface area contributed by atoms with Crippen LogP contribution in [-0.4, -0.2) is 0 Å². The molecule has 0 saturated heterocycles. The van der Waals surface area contributed by atoms with Crippen molar-refractivity contribution in [2.75, 3.05) is 0 Å². The van der Waals surface area contributed by atoms with E-state index in [1.54, 1.807) is 0 Å². The van der Waals surface area contributed by atoms with Gasteiger partial charge in [0.1, 0.15) is 5.41 Å². The summed E-state index contributed by atoms with van der Waals surface area (Å²) in [5.74, 6) is 0. The van der Waals surface area contributed by atoms with Gasteiger partial charge in [0.2, 0.25) is 0 Å². The second-order valence-electron chi connectivity index (χ2n) is 1.81. The van der Waals surface area contributed by atoms with Crippen molar-refractivity contribution in [3.05, 3.63) is 0 Å². The Balaban J connectivity index is 2.70. The Labute approximate surface area is 42.0 Å². The zero-order chi connectivity index (χ0) is 5.33. The van der Waals surface area contributed by atoms with Gasteiger partial charge in [-0.2, -0.15) is 10.5 Å². The van der Waals surface area contributed by atoms with Gasteiger partial charge in [-0.15, -0.1) is 0 Å². The highest BCUT2D eigenvalue weighted by molar-refractivity contribution is 5.22. The molecule has 0 radical (unpaired) electrons. The van der Waals surface area contributed by atoms with E-state index in [-0.39, 0.29) is 0 Å². The van der Waals surface area contributed by atoms with Gasteiger partial charge in [-0.1, -0.05) is 0 Å². The normalized spacial score (nSPS) is 22.0. The fraction of sp³-hybridized carbons (Fsp3) is 0.600. The summed E-state index contributed by atoms with van der Waals surface area (Å²) in [5, 5.41) is 16.4. The first kappa shape index (κ1) is 4.15. The Morgan fingerprint density at radius 2 is 1.57 bits per heavy atom. The maximum absolute atomic E-state index is 8.18. The van der Waals surface area contributed by atoms with Gasteiger partial charge in [0.25, 0.3) is 0 Å². The topological polar surface area (TPSA) is 47.6 Å². The maximum atomic E-state index is 8.18. The highest BCUT2D eigenvalue weighted by Crippen LogP contribution is 2.43. The molecule has 1 fully saturated rings. The Kier molecular flexibility index (Phi) is 0.580. The molecule has 0 aliphatic heterocycles. The highest BCUT2D eigenvalue weighted by Gasteiger charge is 2.43. The molecule has 0 amide bonds. The molecule has 0 aromatic carbocycles. The van der Waals surface area contributed by atoms with Crippen LogP contribution in [-0.2, 0) is 0 Å². The van der Waals surface area contributed by atoms with Crippen LogP contribution < -0.4 is 0 Å². The molecule has 0 unspecified atom stereocenters. The van der Waals surface area contributed by atoms with Crippen molar-refractivity contribution in [2.45, 2.75) is 12.8 Å². The second-order valence-corrected chi connectivity index (χ2v) is 1.81. The summed E-state index contributed by atoms with van der Waals surface area (Å²) in [6, 6.07) is 3.88. The van der Waals surface area contributed by atoms with Crippen LogP contribution in [0.4, 0.5) is 0 Å². The summed E-state index contributed by atoms with van der Waals surface area (Å²) in [4.78, 5) is 0. The van der Waals surface area contributed by atoms with Gasteiger partial charge in [-0.25, -0.2) is 0 Å². The van der Waals surface area contributed by atoms with Gasteiger partial charge in [0.05, 0.1) is 12.1 Å². The zero-order valence-corrected chi connectivity index (χ0v) is 3.81. The molecule has 0 aromatic heterocycles. The summed E-state index contributed by atoms with van der Waals surface area (Å²) in [6.07, 6.45) is 1.56. The van der Waals surface area contributed by atoms with Crippen molar-refractivity contribution in [3.63, 3.8) is 0 Å². The Morgan fingerprint density at radius 1 is 1.14 bits per heavy atom. The van der Waals surface area contributed by atoms with Gasteiger partial charge >= 0.3 is 0 Å². The number of nitrogens with zero attached hydrogens (tertiary/aromatic N) is 2. The van der Waals surface area contributed by atoms with Crippen LogP contribution in [0.2, 0.25) is 0 Å². The molecule has 0 atom stereocenters. The first-order chi connectivity index (χ1) is 3.33. The van der Waals surface area contributed by atoms with Crippen LogP contribution in [0.5, 0.6) is 0 Å². The third kappa shape index (κ3) is 0.444. The standard InChI is InChI=1S/C5H4N2/c6-3-5(4-7)1-2-5/h1-2H2. The summed E-state index contributed by atoms with van der Waals surface area (Å²) in [6.45, 7) is 0.